The number of carbonyl (C=O) groups excluding carboxylic acids is 1. The summed E-state index contributed by atoms with van der Waals surface area (Å²) in [5, 5.41) is 2.25. The number of halogens is 3. The van der Waals surface area contributed by atoms with Crippen molar-refractivity contribution in [3.05, 3.63) is 23.8 Å². The van der Waals surface area contributed by atoms with Crippen molar-refractivity contribution in [2.45, 2.75) is 25.2 Å². The van der Waals surface area contributed by atoms with Gasteiger partial charge in [-0.1, -0.05) is 6.07 Å². The first kappa shape index (κ1) is 19.4. The second-order valence-corrected chi connectivity index (χ2v) is 5.73. The predicted octanol–water partition coefficient (Wildman–Crippen LogP) is 1.87. The fourth-order valence-corrected chi connectivity index (χ4v) is 2.07. The van der Waals surface area contributed by atoms with Gasteiger partial charge in [-0.15, -0.1) is 12.4 Å². The first-order chi connectivity index (χ1) is 10.3. The minimum absolute atomic E-state index is 0. The van der Waals surface area contributed by atoms with Crippen LogP contribution in [0.15, 0.2) is 18.2 Å². The number of hydrogen-bond donors (Lipinski definition) is 2. The number of nitrogens with one attached hydrogen (secondary N) is 1. The molecule has 2 rings (SSSR count). The van der Waals surface area contributed by atoms with Crippen molar-refractivity contribution in [3.8, 4) is 11.5 Å². The molecule has 1 aliphatic rings. The minimum atomic E-state index is -3.11. The van der Waals surface area contributed by atoms with Gasteiger partial charge in [0.15, 0.2) is 11.5 Å². The molecule has 1 heterocycles. The van der Waals surface area contributed by atoms with E-state index in [4.69, 9.17) is 15.2 Å². The summed E-state index contributed by atoms with van der Waals surface area (Å²) in [6.45, 7) is 2.65. The van der Waals surface area contributed by atoms with E-state index in [0.717, 1.165) is 0 Å². The molecule has 0 spiro atoms. The summed E-state index contributed by atoms with van der Waals surface area (Å²) in [7, 11) is 0. The molecule has 5 nitrogen and oxygen atoms in total. The second-order valence-electron chi connectivity index (χ2n) is 5.73. The van der Waals surface area contributed by atoms with Crippen LogP contribution in [0.1, 0.15) is 19.4 Å². The lowest BCUT2D eigenvalue weighted by molar-refractivity contribution is -0.127. The average molecular weight is 351 g/mol. The number of rotatable bonds is 5. The number of hydrogen-bond acceptors (Lipinski definition) is 4. The van der Waals surface area contributed by atoms with Crippen LogP contribution in [0.5, 0.6) is 11.5 Å². The molecule has 3 N–H and O–H groups in total. The summed E-state index contributed by atoms with van der Waals surface area (Å²) < 4.78 is 37.2. The van der Waals surface area contributed by atoms with Gasteiger partial charge in [-0.3, -0.25) is 4.79 Å². The number of fused-ring (bicyclic) bond motifs is 1. The van der Waals surface area contributed by atoms with E-state index in [2.05, 4.69) is 5.32 Å². The molecular formula is C15H21ClF2N2O3. The van der Waals surface area contributed by atoms with Crippen LogP contribution in [0.25, 0.3) is 0 Å². The second kappa shape index (κ2) is 7.31. The van der Waals surface area contributed by atoms with E-state index in [0.29, 0.717) is 30.3 Å². The minimum Gasteiger partial charge on any atom is -0.486 e. The van der Waals surface area contributed by atoms with E-state index < -0.39 is 30.3 Å². The molecule has 0 aliphatic carbocycles. The van der Waals surface area contributed by atoms with Crippen LogP contribution in [-0.2, 0) is 10.2 Å². The number of carbonyl (C=O) groups is 1. The van der Waals surface area contributed by atoms with Crippen molar-refractivity contribution in [1.29, 1.82) is 0 Å². The Morgan fingerprint density at radius 1 is 1.26 bits per heavy atom. The normalized spacial score (nSPS) is 14.0. The first-order valence-electron chi connectivity index (χ1n) is 7.02. The molecule has 0 fully saturated rings. The van der Waals surface area contributed by atoms with Gasteiger partial charge in [-0.25, -0.2) is 8.78 Å². The lowest BCUT2D eigenvalue weighted by Gasteiger charge is -2.27. The molecule has 0 saturated carbocycles. The van der Waals surface area contributed by atoms with Crippen LogP contribution in [0.4, 0.5) is 8.78 Å². The lowest BCUT2D eigenvalue weighted by atomic mass is 9.83. The van der Waals surface area contributed by atoms with Crippen molar-refractivity contribution in [3.63, 3.8) is 0 Å². The zero-order valence-corrected chi connectivity index (χ0v) is 13.8. The molecule has 23 heavy (non-hydrogen) atoms. The van der Waals surface area contributed by atoms with Crippen molar-refractivity contribution >= 4 is 18.3 Å². The molecule has 0 unspecified atom stereocenters. The quantitative estimate of drug-likeness (QED) is 0.850. The third-order valence-electron chi connectivity index (χ3n) is 3.64. The largest absolute Gasteiger partial charge is 0.486 e. The Kier molecular flexibility index (Phi) is 6.18. The Morgan fingerprint density at radius 2 is 1.87 bits per heavy atom. The van der Waals surface area contributed by atoms with E-state index in [9.17, 15) is 13.6 Å². The van der Waals surface area contributed by atoms with Gasteiger partial charge in [-0.2, -0.15) is 0 Å². The summed E-state index contributed by atoms with van der Waals surface area (Å²) in [6.07, 6.45) is 0. The average Bonchev–Trinajstić information content (AvgIpc) is 2.52. The van der Waals surface area contributed by atoms with Crippen molar-refractivity contribution in [2.75, 3.05) is 26.3 Å². The summed E-state index contributed by atoms with van der Waals surface area (Å²) in [4.78, 5) is 12.2. The zero-order valence-electron chi connectivity index (χ0n) is 13.0. The monoisotopic (exact) mass is 350 g/mol. The van der Waals surface area contributed by atoms with E-state index >= 15 is 0 Å². The Morgan fingerprint density at radius 3 is 2.48 bits per heavy atom. The molecule has 1 amide bonds. The third kappa shape index (κ3) is 4.45. The Hall–Kier alpha value is -1.60. The maximum absolute atomic E-state index is 13.2. The number of alkyl halides is 2. The highest BCUT2D eigenvalue weighted by Crippen LogP contribution is 2.35. The van der Waals surface area contributed by atoms with Crippen LogP contribution in [0, 0.1) is 0 Å². The van der Waals surface area contributed by atoms with Gasteiger partial charge in [0.05, 0.1) is 18.5 Å². The molecule has 1 aliphatic heterocycles. The summed E-state index contributed by atoms with van der Waals surface area (Å²) >= 11 is 0. The fraction of sp³-hybridized carbons (Fsp3) is 0.533. The molecule has 8 heteroatoms. The van der Waals surface area contributed by atoms with Gasteiger partial charge in [0, 0.05) is 0 Å². The van der Waals surface area contributed by atoms with Crippen LogP contribution in [0.2, 0.25) is 0 Å². The predicted molar refractivity (Wildman–Crippen MR) is 84.7 cm³/mol. The smallest absolute Gasteiger partial charge is 0.277 e. The van der Waals surface area contributed by atoms with Crippen LogP contribution >= 0.6 is 12.4 Å². The Balaban J connectivity index is 0.00000264. The van der Waals surface area contributed by atoms with Crippen molar-refractivity contribution < 1.29 is 23.0 Å². The fourth-order valence-electron chi connectivity index (χ4n) is 2.07. The van der Waals surface area contributed by atoms with E-state index in [1.807, 2.05) is 0 Å². The Labute approximate surface area is 139 Å². The van der Waals surface area contributed by atoms with Crippen molar-refractivity contribution in [1.82, 2.24) is 5.32 Å². The zero-order chi connectivity index (χ0) is 16.4. The van der Waals surface area contributed by atoms with Crippen LogP contribution in [-0.4, -0.2) is 38.1 Å². The van der Waals surface area contributed by atoms with Gasteiger partial charge in [0.25, 0.3) is 5.92 Å². The summed E-state index contributed by atoms with van der Waals surface area (Å²) in [5.41, 5.74) is 4.63. The molecule has 1 aromatic carbocycles. The van der Waals surface area contributed by atoms with Crippen LogP contribution in [0.3, 0.4) is 0 Å². The third-order valence-corrected chi connectivity index (χ3v) is 3.64. The molecule has 0 saturated heterocycles. The number of nitrogens with two attached hydrogens (primary N) is 1. The summed E-state index contributed by atoms with van der Waals surface area (Å²) in [6, 6.07) is 5.15. The topological polar surface area (TPSA) is 73.6 Å². The molecule has 0 aromatic heterocycles. The molecule has 130 valence electrons. The molecule has 0 atom stereocenters. The van der Waals surface area contributed by atoms with Gasteiger partial charge < -0.3 is 20.5 Å². The Bertz CT molecular complexity index is 568. The molecule has 0 bridgehead atoms. The SMILES string of the molecule is CC(C)(C(=O)NCC(F)(F)CN)c1ccc2c(c1)OCCO2.Cl. The maximum Gasteiger partial charge on any atom is 0.277 e. The highest BCUT2D eigenvalue weighted by Gasteiger charge is 2.34. The highest BCUT2D eigenvalue weighted by atomic mass is 35.5. The van der Waals surface area contributed by atoms with E-state index in [1.165, 1.54) is 0 Å². The molecule has 0 radical (unpaired) electrons. The lowest BCUT2D eigenvalue weighted by Crippen LogP contribution is -2.47. The number of ether oxygens (including phenoxy) is 2. The van der Waals surface area contributed by atoms with Crippen LogP contribution < -0.4 is 20.5 Å². The van der Waals surface area contributed by atoms with Gasteiger partial charge in [-0.05, 0) is 31.5 Å². The van der Waals surface area contributed by atoms with Gasteiger partial charge in [0.2, 0.25) is 5.91 Å². The number of benzene rings is 1. The van der Waals surface area contributed by atoms with Gasteiger partial charge >= 0.3 is 0 Å². The standard InChI is InChI=1S/C15H20F2N2O3.ClH/c1-14(2,13(20)19-9-15(16,17)8-18)10-3-4-11-12(7-10)22-6-5-21-11;/h3-4,7H,5-6,8-9,18H2,1-2H3,(H,19,20);1H. The highest BCUT2D eigenvalue weighted by molar-refractivity contribution is 5.87. The van der Waals surface area contributed by atoms with E-state index in [1.54, 1.807) is 32.0 Å². The van der Waals surface area contributed by atoms with Gasteiger partial charge in [0.1, 0.15) is 13.2 Å². The van der Waals surface area contributed by atoms with E-state index in [-0.39, 0.29) is 12.4 Å². The molecule has 1 aromatic rings. The maximum atomic E-state index is 13.2. The molecular weight excluding hydrogens is 330 g/mol. The first-order valence-corrected chi connectivity index (χ1v) is 7.02. The summed E-state index contributed by atoms with van der Waals surface area (Å²) in [5.74, 6) is -2.45. The number of amides is 1. The van der Waals surface area contributed by atoms with Crippen molar-refractivity contribution in [2.24, 2.45) is 5.73 Å².